The van der Waals surface area contributed by atoms with Gasteiger partial charge in [-0.2, -0.15) is 4.98 Å². The van der Waals surface area contributed by atoms with E-state index in [9.17, 15) is 13.6 Å². The maximum absolute atomic E-state index is 13.3. The first-order valence-electron chi connectivity index (χ1n) is 11.2. The second-order valence-corrected chi connectivity index (χ2v) is 8.85. The third kappa shape index (κ3) is 5.44. The molecule has 2 amide bonds. The number of carbonyl (C=O) groups is 1. The number of amides is 2. The molecular formula is C23H30F2N6O. The predicted octanol–water partition coefficient (Wildman–Crippen LogP) is 4.24. The van der Waals surface area contributed by atoms with Crippen molar-refractivity contribution in [3.63, 3.8) is 0 Å². The highest BCUT2D eigenvalue weighted by Gasteiger charge is 2.25. The summed E-state index contributed by atoms with van der Waals surface area (Å²) in [5.74, 6) is 0.219. The average Bonchev–Trinajstić information content (AvgIpc) is 2.73. The highest BCUT2D eigenvalue weighted by atomic mass is 19.1. The zero-order valence-corrected chi connectivity index (χ0v) is 18.5. The molecule has 0 aliphatic heterocycles. The van der Waals surface area contributed by atoms with Crippen LogP contribution >= 0.6 is 0 Å². The molecule has 7 nitrogen and oxygen atoms in total. The van der Waals surface area contributed by atoms with E-state index in [2.05, 4.69) is 20.9 Å². The SMILES string of the molecule is CN(C)c1nc(NC2CCC(NC(=O)Nc3cc(F)cc(F)c3)CC2)nc2c1CCCC2. The van der Waals surface area contributed by atoms with E-state index in [1.165, 1.54) is 12.0 Å². The fourth-order valence-corrected chi connectivity index (χ4v) is 4.55. The van der Waals surface area contributed by atoms with E-state index < -0.39 is 17.7 Å². The number of hydrogen-bond donors (Lipinski definition) is 3. The Morgan fingerprint density at radius 2 is 1.62 bits per heavy atom. The molecule has 0 unspecified atom stereocenters. The lowest BCUT2D eigenvalue weighted by molar-refractivity contribution is 0.243. The van der Waals surface area contributed by atoms with Crippen molar-refractivity contribution in [3.8, 4) is 0 Å². The molecule has 2 aromatic rings. The minimum absolute atomic E-state index is 0.00763. The summed E-state index contributed by atoms with van der Waals surface area (Å²) >= 11 is 0. The van der Waals surface area contributed by atoms with E-state index in [-0.39, 0.29) is 17.8 Å². The number of nitrogens with one attached hydrogen (secondary N) is 3. The number of urea groups is 1. The number of fused-ring (bicyclic) bond motifs is 1. The molecule has 0 bridgehead atoms. The summed E-state index contributed by atoms with van der Waals surface area (Å²) in [5.41, 5.74) is 2.51. The molecule has 3 N–H and O–H groups in total. The number of nitrogens with zero attached hydrogens (tertiary/aromatic N) is 3. The number of anilines is 3. The third-order valence-electron chi connectivity index (χ3n) is 6.10. The topological polar surface area (TPSA) is 82.2 Å². The number of rotatable bonds is 5. The van der Waals surface area contributed by atoms with E-state index in [1.54, 1.807) is 0 Å². The molecule has 9 heteroatoms. The zero-order valence-electron chi connectivity index (χ0n) is 18.5. The van der Waals surface area contributed by atoms with Crippen LogP contribution in [-0.2, 0) is 12.8 Å². The van der Waals surface area contributed by atoms with Crippen molar-refractivity contribution in [3.05, 3.63) is 41.1 Å². The van der Waals surface area contributed by atoms with Gasteiger partial charge in [-0.1, -0.05) is 0 Å². The van der Waals surface area contributed by atoms with Gasteiger partial charge in [0.05, 0.1) is 5.69 Å². The van der Waals surface area contributed by atoms with Gasteiger partial charge in [-0.15, -0.1) is 0 Å². The van der Waals surface area contributed by atoms with Gasteiger partial charge in [0.1, 0.15) is 17.5 Å². The van der Waals surface area contributed by atoms with Gasteiger partial charge < -0.3 is 20.9 Å². The van der Waals surface area contributed by atoms with Crippen LogP contribution in [0.2, 0.25) is 0 Å². The zero-order chi connectivity index (χ0) is 22.7. The number of halogens is 2. The second kappa shape index (κ2) is 9.67. The molecule has 1 heterocycles. The van der Waals surface area contributed by atoms with Crippen LogP contribution in [-0.4, -0.2) is 42.2 Å². The normalized spacial score (nSPS) is 20.2. The first-order valence-corrected chi connectivity index (χ1v) is 11.2. The Balaban J connectivity index is 1.30. The fraction of sp³-hybridized carbons (Fsp3) is 0.522. The highest BCUT2D eigenvalue weighted by Crippen LogP contribution is 2.29. The van der Waals surface area contributed by atoms with Crippen LogP contribution in [0.1, 0.15) is 49.8 Å². The molecule has 0 saturated heterocycles. The van der Waals surface area contributed by atoms with Gasteiger partial charge in [0.2, 0.25) is 5.95 Å². The minimum atomic E-state index is -0.728. The molecule has 1 aromatic carbocycles. The number of aromatic nitrogens is 2. The number of hydrogen-bond acceptors (Lipinski definition) is 5. The van der Waals surface area contributed by atoms with Crippen LogP contribution in [0.4, 0.5) is 31.0 Å². The lowest BCUT2D eigenvalue weighted by Gasteiger charge is -2.30. The van der Waals surface area contributed by atoms with Crippen LogP contribution in [0, 0.1) is 11.6 Å². The second-order valence-electron chi connectivity index (χ2n) is 8.85. The van der Waals surface area contributed by atoms with Crippen molar-refractivity contribution in [2.24, 2.45) is 0 Å². The summed E-state index contributed by atoms with van der Waals surface area (Å²) in [4.78, 5) is 23.8. The molecule has 1 saturated carbocycles. The summed E-state index contributed by atoms with van der Waals surface area (Å²) in [5, 5.41) is 8.88. The maximum Gasteiger partial charge on any atom is 0.319 e. The Hall–Kier alpha value is -2.97. The number of aryl methyl sites for hydroxylation is 1. The Kier molecular flexibility index (Phi) is 6.72. The molecule has 0 atom stereocenters. The van der Waals surface area contributed by atoms with Gasteiger partial charge >= 0.3 is 6.03 Å². The molecule has 0 spiro atoms. The molecule has 1 aromatic heterocycles. The van der Waals surface area contributed by atoms with E-state index in [1.807, 2.05) is 14.1 Å². The van der Waals surface area contributed by atoms with Crippen molar-refractivity contribution in [2.75, 3.05) is 29.6 Å². The Morgan fingerprint density at radius 1 is 0.969 bits per heavy atom. The highest BCUT2D eigenvalue weighted by molar-refractivity contribution is 5.89. The Bertz CT molecular complexity index is 955. The first-order chi connectivity index (χ1) is 15.4. The molecule has 2 aliphatic rings. The maximum atomic E-state index is 13.3. The summed E-state index contributed by atoms with van der Waals surface area (Å²) in [6.45, 7) is 0. The summed E-state index contributed by atoms with van der Waals surface area (Å²) in [7, 11) is 4.03. The number of carbonyl (C=O) groups excluding carboxylic acids is 1. The van der Waals surface area contributed by atoms with Crippen LogP contribution in [0.25, 0.3) is 0 Å². The van der Waals surface area contributed by atoms with Crippen LogP contribution in [0.15, 0.2) is 18.2 Å². The first kappa shape index (κ1) is 22.2. The third-order valence-corrected chi connectivity index (χ3v) is 6.10. The van der Waals surface area contributed by atoms with Crippen molar-refractivity contribution in [1.82, 2.24) is 15.3 Å². The lowest BCUT2D eigenvalue weighted by Crippen LogP contribution is -2.42. The van der Waals surface area contributed by atoms with Gasteiger partial charge in [-0.3, -0.25) is 0 Å². The molecule has 0 radical (unpaired) electrons. The van der Waals surface area contributed by atoms with Gasteiger partial charge in [-0.25, -0.2) is 18.6 Å². The van der Waals surface area contributed by atoms with Crippen molar-refractivity contribution in [2.45, 2.75) is 63.5 Å². The van der Waals surface area contributed by atoms with Gasteiger partial charge in [0, 0.05) is 43.5 Å². The van der Waals surface area contributed by atoms with Crippen molar-refractivity contribution < 1.29 is 13.6 Å². The smallest absolute Gasteiger partial charge is 0.319 e. The van der Waals surface area contributed by atoms with Crippen LogP contribution in [0.3, 0.4) is 0 Å². The summed E-state index contributed by atoms with van der Waals surface area (Å²) in [6, 6.07) is 2.73. The predicted molar refractivity (Wildman–Crippen MR) is 121 cm³/mol. The molecule has 172 valence electrons. The summed E-state index contributed by atoms with van der Waals surface area (Å²) < 4.78 is 26.6. The van der Waals surface area contributed by atoms with E-state index in [4.69, 9.17) is 9.97 Å². The van der Waals surface area contributed by atoms with Crippen molar-refractivity contribution in [1.29, 1.82) is 0 Å². The van der Waals surface area contributed by atoms with Gasteiger partial charge in [-0.05, 0) is 63.5 Å². The van der Waals surface area contributed by atoms with E-state index in [0.29, 0.717) is 5.95 Å². The van der Waals surface area contributed by atoms with Crippen LogP contribution < -0.4 is 20.9 Å². The molecule has 4 rings (SSSR count). The van der Waals surface area contributed by atoms with Gasteiger partial charge in [0.25, 0.3) is 0 Å². The standard InChI is InChI=1S/C23H30F2N6O/c1-31(2)21-19-5-3-4-6-20(19)29-22(30-21)26-16-7-9-17(10-8-16)27-23(32)28-18-12-14(24)11-15(25)13-18/h11-13,16-17H,3-10H2,1-2H3,(H,26,29,30)(H2,27,28,32). The monoisotopic (exact) mass is 444 g/mol. The minimum Gasteiger partial charge on any atom is -0.362 e. The van der Waals surface area contributed by atoms with E-state index in [0.717, 1.165) is 74.7 Å². The van der Waals surface area contributed by atoms with Gasteiger partial charge in [0.15, 0.2) is 0 Å². The van der Waals surface area contributed by atoms with Crippen LogP contribution in [0.5, 0.6) is 0 Å². The quantitative estimate of drug-likeness (QED) is 0.643. The average molecular weight is 445 g/mol. The Morgan fingerprint density at radius 3 is 2.31 bits per heavy atom. The molecule has 32 heavy (non-hydrogen) atoms. The lowest BCUT2D eigenvalue weighted by atomic mass is 9.91. The molecule has 1 fully saturated rings. The largest absolute Gasteiger partial charge is 0.362 e. The number of benzene rings is 1. The molecular weight excluding hydrogens is 414 g/mol. The van der Waals surface area contributed by atoms with Crippen molar-refractivity contribution >= 4 is 23.5 Å². The van der Waals surface area contributed by atoms with E-state index >= 15 is 0 Å². The molecule has 2 aliphatic carbocycles. The fourth-order valence-electron chi connectivity index (χ4n) is 4.55. The summed E-state index contributed by atoms with van der Waals surface area (Å²) in [6.07, 6.45) is 7.72. The Labute approximate surface area is 187 Å².